The van der Waals surface area contributed by atoms with E-state index in [0.29, 0.717) is 23.7 Å². The molecule has 3 N–H and O–H groups in total. The van der Waals surface area contributed by atoms with Crippen molar-refractivity contribution in [2.75, 3.05) is 18.7 Å². The van der Waals surface area contributed by atoms with E-state index in [0.717, 1.165) is 6.42 Å². The minimum atomic E-state index is -0.152. The van der Waals surface area contributed by atoms with Crippen molar-refractivity contribution in [2.45, 2.75) is 13.3 Å². The lowest BCUT2D eigenvalue weighted by Gasteiger charge is -2.12. The maximum absolute atomic E-state index is 11.8. The molecule has 92 valence electrons. The van der Waals surface area contributed by atoms with E-state index in [1.807, 2.05) is 6.92 Å². The summed E-state index contributed by atoms with van der Waals surface area (Å²) in [4.78, 5) is 11.8. The molecular formula is C12H16N2O3. The zero-order valence-electron chi connectivity index (χ0n) is 9.73. The van der Waals surface area contributed by atoms with E-state index in [2.05, 4.69) is 5.32 Å². The van der Waals surface area contributed by atoms with Crippen molar-refractivity contribution < 1.29 is 14.3 Å². The second-order valence-corrected chi connectivity index (χ2v) is 3.90. The number of nitrogens with one attached hydrogen (secondary N) is 1. The summed E-state index contributed by atoms with van der Waals surface area (Å²) in [5, 5.41) is 2.82. The Balaban J connectivity index is 2.06. The van der Waals surface area contributed by atoms with E-state index in [1.165, 1.54) is 0 Å². The Morgan fingerprint density at radius 2 is 2.24 bits per heavy atom. The van der Waals surface area contributed by atoms with Gasteiger partial charge in [-0.3, -0.25) is 4.79 Å². The fourth-order valence-corrected chi connectivity index (χ4v) is 1.68. The van der Waals surface area contributed by atoms with Crippen molar-refractivity contribution in [1.29, 1.82) is 0 Å². The molecule has 1 unspecified atom stereocenters. The summed E-state index contributed by atoms with van der Waals surface area (Å²) >= 11 is 0. The molecule has 0 saturated carbocycles. The van der Waals surface area contributed by atoms with Gasteiger partial charge in [-0.2, -0.15) is 0 Å². The number of fused-ring (bicyclic) bond motifs is 1. The van der Waals surface area contributed by atoms with Crippen LogP contribution in [-0.2, 0) is 4.79 Å². The van der Waals surface area contributed by atoms with E-state index in [9.17, 15) is 4.79 Å². The molecule has 1 aromatic rings. The van der Waals surface area contributed by atoms with Crippen LogP contribution in [0.4, 0.5) is 5.69 Å². The Hall–Kier alpha value is -1.75. The van der Waals surface area contributed by atoms with Crippen LogP contribution in [0.5, 0.6) is 11.5 Å². The van der Waals surface area contributed by atoms with Crippen molar-refractivity contribution in [1.82, 2.24) is 0 Å². The molecule has 1 aliphatic rings. The molecule has 1 amide bonds. The summed E-state index contributed by atoms with van der Waals surface area (Å²) in [5.74, 6) is 1.15. The summed E-state index contributed by atoms with van der Waals surface area (Å²) in [5.41, 5.74) is 6.22. The number of hydrogen-bond donors (Lipinski definition) is 2. The number of anilines is 1. The number of rotatable bonds is 4. The van der Waals surface area contributed by atoms with Crippen molar-refractivity contribution in [3.05, 3.63) is 18.2 Å². The van der Waals surface area contributed by atoms with Gasteiger partial charge in [0, 0.05) is 18.3 Å². The van der Waals surface area contributed by atoms with Gasteiger partial charge in [-0.25, -0.2) is 0 Å². The summed E-state index contributed by atoms with van der Waals surface area (Å²) in [6, 6.07) is 5.32. The van der Waals surface area contributed by atoms with Gasteiger partial charge in [0.2, 0.25) is 12.7 Å². The van der Waals surface area contributed by atoms with Gasteiger partial charge in [-0.1, -0.05) is 6.92 Å². The molecule has 17 heavy (non-hydrogen) atoms. The minimum Gasteiger partial charge on any atom is -0.454 e. The van der Waals surface area contributed by atoms with Gasteiger partial charge in [-0.05, 0) is 18.6 Å². The van der Waals surface area contributed by atoms with Crippen LogP contribution in [0.15, 0.2) is 18.2 Å². The monoisotopic (exact) mass is 236 g/mol. The van der Waals surface area contributed by atoms with Crippen LogP contribution >= 0.6 is 0 Å². The lowest BCUT2D eigenvalue weighted by atomic mass is 10.1. The zero-order chi connectivity index (χ0) is 12.3. The first-order chi connectivity index (χ1) is 8.24. The minimum absolute atomic E-state index is 0.0612. The second kappa shape index (κ2) is 5.05. The molecule has 0 spiro atoms. The standard InChI is InChI=1S/C12H16N2O3/c1-2-8(6-13)12(15)14-9-3-4-10-11(5-9)17-7-16-10/h3-5,8H,2,6-7,13H2,1H3,(H,14,15). The molecule has 5 heteroatoms. The highest BCUT2D eigenvalue weighted by atomic mass is 16.7. The molecule has 0 bridgehead atoms. The number of hydrogen-bond acceptors (Lipinski definition) is 4. The highest BCUT2D eigenvalue weighted by Gasteiger charge is 2.17. The molecule has 1 aromatic carbocycles. The number of carbonyl (C=O) groups excluding carboxylic acids is 1. The fourth-order valence-electron chi connectivity index (χ4n) is 1.68. The topological polar surface area (TPSA) is 73.6 Å². The van der Waals surface area contributed by atoms with Gasteiger partial charge in [0.1, 0.15) is 0 Å². The molecule has 0 aromatic heterocycles. The molecule has 0 fully saturated rings. The van der Waals surface area contributed by atoms with Gasteiger partial charge in [-0.15, -0.1) is 0 Å². The quantitative estimate of drug-likeness (QED) is 0.827. The molecule has 1 heterocycles. The second-order valence-electron chi connectivity index (χ2n) is 3.90. The smallest absolute Gasteiger partial charge is 0.231 e. The first-order valence-corrected chi connectivity index (χ1v) is 5.65. The molecule has 0 saturated heterocycles. The third-order valence-electron chi connectivity index (χ3n) is 2.79. The van der Waals surface area contributed by atoms with Crippen LogP contribution in [0, 0.1) is 5.92 Å². The Bertz CT molecular complexity index is 416. The predicted molar refractivity (Wildman–Crippen MR) is 64.0 cm³/mol. The molecule has 2 rings (SSSR count). The highest BCUT2D eigenvalue weighted by molar-refractivity contribution is 5.93. The van der Waals surface area contributed by atoms with Crippen molar-refractivity contribution in [2.24, 2.45) is 11.7 Å². The lowest BCUT2D eigenvalue weighted by Crippen LogP contribution is -2.28. The molecule has 0 radical (unpaired) electrons. The van der Waals surface area contributed by atoms with E-state index < -0.39 is 0 Å². The summed E-state index contributed by atoms with van der Waals surface area (Å²) in [6.45, 7) is 2.52. The number of nitrogens with two attached hydrogens (primary N) is 1. The van der Waals surface area contributed by atoms with Gasteiger partial charge in [0.15, 0.2) is 11.5 Å². The number of amides is 1. The SMILES string of the molecule is CCC(CN)C(=O)Nc1ccc2c(c1)OCO2. The first-order valence-electron chi connectivity index (χ1n) is 5.65. The Morgan fingerprint density at radius 1 is 1.47 bits per heavy atom. The van der Waals surface area contributed by atoms with E-state index in [4.69, 9.17) is 15.2 Å². The van der Waals surface area contributed by atoms with Crippen LogP contribution in [0.2, 0.25) is 0 Å². The lowest BCUT2D eigenvalue weighted by molar-refractivity contribution is -0.119. The molecular weight excluding hydrogens is 220 g/mol. The van der Waals surface area contributed by atoms with Crippen molar-refractivity contribution >= 4 is 11.6 Å². The van der Waals surface area contributed by atoms with E-state index >= 15 is 0 Å². The Labute approximate surface area is 99.9 Å². The van der Waals surface area contributed by atoms with Crippen LogP contribution in [0.1, 0.15) is 13.3 Å². The molecule has 0 aliphatic carbocycles. The third-order valence-corrected chi connectivity index (χ3v) is 2.79. The summed E-state index contributed by atoms with van der Waals surface area (Å²) in [7, 11) is 0. The maximum atomic E-state index is 11.8. The Kier molecular flexibility index (Phi) is 3.49. The van der Waals surface area contributed by atoms with Crippen LogP contribution in [-0.4, -0.2) is 19.2 Å². The van der Waals surface area contributed by atoms with Crippen LogP contribution < -0.4 is 20.5 Å². The summed E-state index contributed by atoms with van der Waals surface area (Å²) < 4.78 is 10.4. The molecule has 1 atom stereocenters. The van der Waals surface area contributed by atoms with Gasteiger partial charge < -0.3 is 20.5 Å². The third kappa shape index (κ3) is 2.50. The summed E-state index contributed by atoms with van der Waals surface area (Å²) in [6.07, 6.45) is 0.729. The van der Waals surface area contributed by atoms with E-state index in [-0.39, 0.29) is 18.6 Å². The number of ether oxygens (including phenoxy) is 2. The first kappa shape index (κ1) is 11.7. The van der Waals surface area contributed by atoms with Crippen molar-refractivity contribution in [3.63, 3.8) is 0 Å². The Morgan fingerprint density at radius 3 is 2.94 bits per heavy atom. The average molecular weight is 236 g/mol. The highest BCUT2D eigenvalue weighted by Crippen LogP contribution is 2.34. The van der Waals surface area contributed by atoms with Crippen molar-refractivity contribution in [3.8, 4) is 11.5 Å². The van der Waals surface area contributed by atoms with E-state index in [1.54, 1.807) is 18.2 Å². The number of carbonyl (C=O) groups is 1. The largest absolute Gasteiger partial charge is 0.454 e. The van der Waals surface area contributed by atoms with Gasteiger partial charge >= 0.3 is 0 Å². The number of benzene rings is 1. The molecule has 1 aliphatic heterocycles. The zero-order valence-corrected chi connectivity index (χ0v) is 9.73. The predicted octanol–water partition coefficient (Wildman–Crippen LogP) is 1.34. The maximum Gasteiger partial charge on any atom is 0.231 e. The van der Waals surface area contributed by atoms with Crippen LogP contribution in [0.3, 0.4) is 0 Å². The van der Waals surface area contributed by atoms with Gasteiger partial charge in [0.05, 0.1) is 5.92 Å². The average Bonchev–Trinajstić information content (AvgIpc) is 2.77. The fraction of sp³-hybridized carbons (Fsp3) is 0.417. The molecule has 5 nitrogen and oxygen atoms in total. The van der Waals surface area contributed by atoms with Crippen LogP contribution in [0.25, 0.3) is 0 Å². The normalized spacial score (nSPS) is 14.5. The van der Waals surface area contributed by atoms with Gasteiger partial charge in [0.25, 0.3) is 0 Å².